The molecule has 1 atom stereocenters. The fourth-order valence-electron chi connectivity index (χ4n) is 3.05. The quantitative estimate of drug-likeness (QED) is 0.874. The fourth-order valence-corrected chi connectivity index (χ4v) is 3.05. The van der Waals surface area contributed by atoms with Crippen LogP contribution in [-0.4, -0.2) is 25.5 Å². The Morgan fingerprint density at radius 3 is 2.65 bits per heavy atom. The highest BCUT2D eigenvalue weighted by Gasteiger charge is 2.50. The maximum atomic E-state index is 12.4. The lowest BCUT2D eigenvalue weighted by Gasteiger charge is -2.16. The van der Waals surface area contributed by atoms with Gasteiger partial charge in [0.05, 0.1) is 5.41 Å². The Labute approximate surface area is 126 Å². The lowest BCUT2D eigenvalue weighted by Crippen LogP contribution is -2.36. The predicted molar refractivity (Wildman–Crippen MR) is 83.2 cm³/mol. The average molecular weight is 295 g/mol. The standard InChI is InChI=1S/C16H22N2O.ClH/c19-15(18-11-7-13-6-10-17-12-13)16(8-9-16)14-4-2-1-3-5-14;/h1-5,13,17H,6-12H2,(H,18,19);1H. The molecule has 0 radical (unpaired) electrons. The highest BCUT2D eigenvalue weighted by atomic mass is 35.5. The summed E-state index contributed by atoms with van der Waals surface area (Å²) in [6.07, 6.45) is 4.34. The normalized spacial score (nSPS) is 22.9. The molecule has 3 rings (SSSR count). The molecule has 110 valence electrons. The van der Waals surface area contributed by atoms with E-state index in [1.165, 1.54) is 12.0 Å². The van der Waals surface area contributed by atoms with Crippen LogP contribution in [0.5, 0.6) is 0 Å². The topological polar surface area (TPSA) is 41.1 Å². The maximum absolute atomic E-state index is 12.4. The molecule has 0 spiro atoms. The predicted octanol–water partition coefficient (Wildman–Crippen LogP) is 2.26. The van der Waals surface area contributed by atoms with Crippen molar-refractivity contribution in [1.82, 2.24) is 10.6 Å². The molecule has 1 aromatic carbocycles. The van der Waals surface area contributed by atoms with Crippen LogP contribution in [0, 0.1) is 5.92 Å². The molecule has 20 heavy (non-hydrogen) atoms. The van der Waals surface area contributed by atoms with Crippen molar-refractivity contribution in [3.63, 3.8) is 0 Å². The summed E-state index contributed by atoms with van der Waals surface area (Å²) in [5, 5.41) is 6.51. The SMILES string of the molecule is Cl.O=C(NCCC1CCNC1)C1(c2ccccc2)CC1. The van der Waals surface area contributed by atoms with Gasteiger partial charge in [-0.3, -0.25) is 4.79 Å². The number of carbonyl (C=O) groups is 1. The molecular weight excluding hydrogens is 272 g/mol. The molecule has 1 aliphatic heterocycles. The van der Waals surface area contributed by atoms with Crippen molar-refractivity contribution in [3.8, 4) is 0 Å². The number of amides is 1. The molecule has 1 aromatic rings. The van der Waals surface area contributed by atoms with Gasteiger partial charge in [0.2, 0.25) is 5.91 Å². The monoisotopic (exact) mass is 294 g/mol. The summed E-state index contributed by atoms with van der Waals surface area (Å²) in [4.78, 5) is 12.4. The zero-order chi connectivity index (χ0) is 13.1. The van der Waals surface area contributed by atoms with E-state index < -0.39 is 0 Å². The van der Waals surface area contributed by atoms with Gasteiger partial charge in [-0.15, -0.1) is 12.4 Å². The fraction of sp³-hybridized carbons (Fsp3) is 0.562. The van der Waals surface area contributed by atoms with Crippen LogP contribution in [0.4, 0.5) is 0 Å². The third-order valence-corrected chi connectivity index (χ3v) is 4.51. The first-order valence-electron chi connectivity index (χ1n) is 7.36. The van der Waals surface area contributed by atoms with Gasteiger partial charge in [-0.05, 0) is 50.3 Å². The summed E-state index contributed by atoms with van der Waals surface area (Å²) in [6.45, 7) is 3.06. The van der Waals surface area contributed by atoms with Crippen molar-refractivity contribution >= 4 is 18.3 Å². The van der Waals surface area contributed by atoms with E-state index in [4.69, 9.17) is 0 Å². The van der Waals surface area contributed by atoms with E-state index in [0.717, 1.165) is 44.8 Å². The number of carbonyl (C=O) groups excluding carboxylic acids is 1. The van der Waals surface area contributed by atoms with Crippen molar-refractivity contribution in [1.29, 1.82) is 0 Å². The van der Waals surface area contributed by atoms with Crippen LogP contribution >= 0.6 is 12.4 Å². The second-order valence-electron chi connectivity index (χ2n) is 5.85. The zero-order valence-corrected chi connectivity index (χ0v) is 12.5. The number of hydrogen-bond acceptors (Lipinski definition) is 2. The van der Waals surface area contributed by atoms with Gasteiger partial charge < -0.3 is 10.6 Å². The molecule has 2 N–H and O–H groups in total. The largest absolute Gasteiger partial charge is 0.355 e. The van der Waals surface area contributed by atoms with E-state index in [1.807, 2.05) is 18.2 Å². The maximum Gasteiger partial charge on any atom is 0.230 e. The summed E-state index contributed by atoms with van der Waals surface area (Å²) in [5.74, 6) is 0.969. The molecule has 1 saturated heterocycles. The van der Waals surface area contributed by atoms with Crippen molar-refractivity contribution in [2.75, 3.05) is 19.6 Å². The van der Waals surface area contributed by atoms with Crippen LogP contribution < -0.4 is 10.6 Å². The summed E-state index contributed by atoms with van der Waals surface area (Å²) < 4.78 is 0. The molecule has 1 saturated carbocycles. The molecule has 3 nitrogen and oxygen atoms in total. The minimum Gasteiger partial charge on any atom is -0.355 e. The van der Waals surface area contributed by atoms with Crippen molar-refractivity contribution < 1.29 is 4.79 Å². The Morgan fingerprint density at radius 1 is 1.30 bits per heavy atom. The Hall–Kier alpha value is -1.06. The lowest BCUT2D eigenvalue weighted by atomic mass is 9.95. The van der Waals surface area contributed by atoms with E-state index in [0.29, 0.717) is 0 Å². The first-order chi connectivity index (χ1) is 9.31. The number of halogens is 1. The van der Waals surface area contributed by atoms with Crippen molar-refractivity contribution in [2.24, 2.45) is 5.92 Å². The third-order valence-electron chi connectivity index (χ3n) is 4.51. The smallest absolute Gasteiger partial charge is 0.230 e. The summed E-state index contributed by atoms with van der Waals surface area (Å²) >= 11 is 0. The molecular formula is C16H23ClN2O. The van der Waals surface area contributed by atoms with E-state index in [2.05, 4.69) is 22.8 Å². The van der Waals surface area contributed by atoms with Gasteiger partial charge in [0.25, 0.3) is 0 Å². The summed E-state index contributed by atoms with van der Waals surface area (Å²) in [7, 11) is 0. The molecule has 1 aliphatic carbocycles. The zero-order valence-electron chi connectivity index (χ0n) is 11.7. The molecule has 1 unspecified atom stereocenters. The van der Waals surface area contributed by atoms with Gasteiger partial charge in [-0.1, -0.05) is 30.3 Å². The van der Waals surface area contributed by atoms with Crippen LogP contribution in [-0.2, 0) is 10.2 Å². The van der Waals surface area contributed by atoms with Crippen LogP contribution in [0.2, 0.25) is 0 Å². The van der Waals surface area contributed by atoms with E-state index >= 15 is 0 Å². The molecule has 1 heterocycles. The Kier molecular flexibility index (Phi) is 5.06. The minimum atomic E-state index is -0.213. The molecule has 2 aliphatic rings. The summed E-state index contributed by atoms with van der Waals surface area (Å²) in [6, 6.07) is 10.2. The Morgan fingerprint density at radius 2 is 2.05 bits per heavy atom. The Balaban J connectivity index is 0.00000147. The van der Waals surface area contributed by atoms with E-state index in [9.17, 15) is 4.79 Å². The number of nitrogens with one attached hydrogen (secondary N) is 2. The Bertz CT molecular complexity index is 439. The first-order valence-corrected chi connectivity index (χ1v) is 7.36. The van der Waals surface area contributed by atoms with Gasteiger partial charge in [-0.25, -0.2) is 0 Å². The van der Waals surface area contributed by atoms with Crippen molar-refractivity contribution in [3.05, 3.63) is 35.9 Å². The third kappa shape index (κ3) is 3.15. The van der Waals surface area contributed by atoms with Gasteiger partial charge in [0.1, 0.15) is 0 Å². The number of benzene rings is 1. The van der Waals surface area contributed by atoms with Crippen LogP contribution in [0.15, 0.2) is 30.3 Å². The molecule has 1 amide bonds. The highest BCUT2D eigenvalue weighted by molar-refractivity contribution is 5.91. The van der Waals surface area contributed by atoms with E-state index in [-0.39, 0.29) is 23.7 Å². The highest BCUT2D eigenvalue weighted by Crippen LogP contribution is 2.48. The number of rotatable bonds is 5. The molecule has 2 fully saturated rings. The lowest BCUT2D eigenvalue weighted by molar-refractivity contribution is -0.123. The molecule has 0 aromatic heterocycles. The molecule has 4 heteroatoms. The van der Waals surface area contributed by atoms with Gasteiger partial charge >= 0.3 is 0 Å². The summed E-state index contributed by atoms with van der Waals surface area (Å²) in [5.41, 5.74) is 0.963. The van der Waals surface area contributed by atoms with Crippen molar-refractivity contribution in [2.45, 2.75) is 31.1 Å². The average Bonchev–Trinajstić information content (AvgIpc) is 3.11. The second kappa shape index (κ2) is 6.59. The van der Waals surface area contributed by atoms with Crippen LogP contribution in [0.1, 0.15) is 31.2 Å². The second-order valence-corrected chi connectivity index (χ2v) is 5.85. The first kappa shape index (κ1) is 15.3. The van der Waals surface area contributed by atoms with Gasteiger partial charge in [0.15, 0.2) is 0 Å². The minimum absolute atomic E-state index is 0. The van der Waals surface area contributed by atoms with Gasteiger partial charge in [-0.2, -0.15) is 0 Å². The van der Waals surface area contributed by atoms with Gasteiger partial charge in [0, 0.05) is 6.54 Å². The van der Waals surface area contributed by atoms with Crippen LogP contribution in [0.3, 0.4) is 0 Å². The van der Waals surface area contributed by atoms with E-state index in [1.54, 1.807) is 0 Å². The van der Waals surface area contributed by atoms with Crippen LogP contribution in [0.25, 0.3) is 0 Å². The molecule has 0 bridgehead atoms. The number of hydrogen-bond donors (Lipinski definition) is 2.